The van der Waals surface area contributed by atoms with Crippen molar-refractivity contribution in [1.29, 1.82) is 0 Å². The molecule has 0 saturated carbocycles. The van der Waals surface area contributed by atoms with E-state index in [-0.39, 0.29) is 11.2 Å². The van der Waals surface area contributed by atoms with Gasteiger partial charge in [-0.1, -0.05) is 13.8 Å². The van der Waals surface area contributed by atoms with Crippen LogP contribution in [0.25, 0.3) is 0 Å². The van der Waals surface area contributed by atoms with Gasteiger partial charge in [0, 0.05) is 17.5 Å². The highest BCUT2D eigenvalue weighted by Gasteiger charge is 2.21. The number of rotatable bonds is 4. The summed E-state index contributed by atoms with van der Waals surface area (Å²) in [7, 11) is 0. The molecule has 1 aromatic rings. The third-order valence-electron chi connectivity index (χ3n) is 1.86. The van der Waals surface area contributed by atoms with Crippen LogP contribution in [0, 0.1) is 5.41 Å². The molecule has 13 heavy (non-hydrogen) atoms. The van der Waals surface area contributed by atoms with Crippen LogP contribution in [0.15, 0.2) is 11.7 Å². The van der Waals surface area contributed by atoms with Crippen molar-refractivity contribution < 1.29 is 4.79 Å². The summed E-state index contributed by atoms with van der Waals surface area (Å²) in [6, 6.07) is 0. The Hall–Kier alpha value is -0.700. The molecule has 0 atom stereocenters. The fourth-order valence-electron chi connectivity index (χ4n) is 1.54. The van der Waals surface area contributed by atoms with Crippen LogP contribution in [0.1, 0.15) is 32.1 Å². The Morgan fingerprint density at radius 2 is 2.31 bits per heavy atom. The lowest BCUT2D eigenvalue weighted by Crippen LogP contribution is -2.17. The molecule has 0 radical (unpaired) electrons. The van der Waals surface area contributed by atoms with Gasteiger partial charge in [-0.05, 0) is 18.8 Å². The summed E-state index contributed by atoms with van der Waals surface area (Å²) in [5.41, 5.74) is 1.90. The lowest BCUT2D eigenvalue weighted by atomic mass is 9.84. The standard InChI is InChI=1S/C10H15NOS/c1-8(12)4-10(2,3)5-9-6-11-7-13-9/h6-7H,4-5H2,1-3H3. The maximum atomic E-state index is 11.0. The number of thiazole rings is 1. The zero-order valence-corrected chi connectivity index (χ0v) is 9.15. The Balaban J connectivity index is 2.56. The highest BCUT2D eigenvalue weighted by Crippen LogP contribution is 2.27. The van der Waals surface area contributed by atoms with E-state index in [1.165, 1.54) is 4.88 Å². The molecule has 0 aromatic carbocycles. The highest BCUT2D eigenvalue weighted by atomic mass is 32.1. The van der Waals surface area contributed by atoms with E-state index in [9.17, 15) is 4.79 Å². The molecule has 1 aromatic heterocycles. The van der Waals surface area contributed by atoms with E-state index in [0.29, 0.717) is 6.42 Å². The molecule has 0 saturated heterocycles. The van der Waals surface area contributed by atoms with Gasteiger partial charge >= 0.3 is 0 Å². The molecule has 0 N–H and O–H groups in total. The summed E-state index contributed by atoms with van der Waals surface area (Å²) in [5, 5.41) is 0. The maximum absolute atomic E-state index is 11.0. The second kappa shape index (κ2) is 4.01. The molecule has 0 aliphatic carbocycles. The zero-order chi connectivity index (χ0) is 9.90. The Bertz CT molecular complexity index is 277. The number of hydrogen-bond donors (Lipinski definition) is 0. The van der Waals surface area contributed by atoms with Gasteiger partial charge in [-0.15, -0.1) is 11.3 Å². The Morgan fingerprint density at radius 3 is 2.77 bits per heavy atom. The van der Waals surface area contributed by atoms with E-state index in [4.69, 9.17) is 0 Å². The average molecular weight is 197 g/mol. The molecule has 72 valence electrons. The summed E-state index contributed by atoms with van der Waals surface area (Å²) >= 11 is 1.65. The normalized spacial score (nSPS) is 11.6. The predicted octanol–water partition coefficient (Wildman–Crippen LogP) is 2.69. The summed E-state index contributed by atoms with van der Waals surface area (Å²) in [6.45, 7) is 5.89. The predicted molar refractivity (Wildman–Crippen MR) is 54.9 cm³/mol. The molecule has 0 aliphatic rings. The number of nitrogens with zero attached hydrogens (tertiary/aromatic N) is 1. The van der Waals surface area contributed by atoms with Crippen molar-refractivity contribution in [2.75, 3.05) is 0 Å². The topological polar surface area (TPSA) is 30.0 Å². The van der Waals surface area contributed by atoms with Crippen LogP contribution in [0.2, 0.25) is 0 Å². The van der Waals surface area contributed by atoms with E-state index in [0.717, 1.165) is 6.42 Å². The molecule has 0 aliphatic heterocycles. The van der Waals surface area contributed by atoms with Gasteiger partial charge in [0.2, 0.25) is 0 Å². The van der Waals surface area contributed by atoms with Crippen LogP contribution < -0.4 is 0 Å². The highest BCUT2D eigenvalue weighted by molar-refractivity contribution is 7.09. The second-order valence-electron chi connectivity index (χ2n) is 4.19. The largest absolute Gasteiger partial charge is 0.300 e. The van der Waals surface area contributed by atoms with Crippen molar-refractivity contribution in [1.82, 2.24) is 4.98 Å². The van der Waals surface area contributed by atoms with Crippen molar-refractivity contribution in [3.05, 3.63) is 16.6 Å². The molecule has 0 unspecified atom stereocenters. The van der Waals surface area contributed by atoms with Gasteiger partial charge in [0.05, 0.1) is 5.51 Å². The van der Waals surface area contributed by atoms with E-state index < -0.39 is 0 Å². The first-order chi connectivity index (χ1) is 5.99. The van der Waals surface area contributed by atoms with Crippen LogP contribution in [0.3, 0.4) is 0 Å². The zero-order valence-electron chi connectivity index (χ0n) is 8.33. The summed E-state index contributed by atoms with van der Waals surface area (Å²) in [5.74, 6) is 0.259. The van der Waals surface area contributed by atoms with E-state index >= 15 is 0 Å². The van der Waals surface area contributed by atoms with Gasteiger partial charge in [-0.3, -0.25) is 4.98 Å². The van der Waals surface area contributed by atoms with Crippen LogP contribution >= 0.6 is 11.3 Å². The summed E-state index contributed by atoms with van der Waals surface area (Å²) in [4.78, 5) is 16.3. The molecule has 0 fully saturated rings. The molecule has 0 spiro atoms. The van der Waals surface area contributed by atoms with Crippen molar-refractivity contribution >= 4 is 17.1 Å². The first-order valence-corrected chi connectivity index (χ1v) is 5.24. The van der Waals surface area contributed by atoms with Crippen LogP contribution in [0.5, 0.6) is 0 Å². The van der Waals surface area contributed by atoms with E-state index in [2.05, 4.69) is 18.8 Å². The lowest BCUT2D eigenvalue weighted by molar-refractivity contribution is -0.118. The third kappa shape index (κ3) is 3.68. The fourth-order valence-corrected chi connectivity index (χ4v) is 2.39. The van der Waals surface area contributed by atoms with Crippen LogP contribution in [-0.2, 0) is 11.2 Å². The number of aromatic nitrogens is 1. The molecular weight excluding hydrogens is 182 g/mol. The minimum atomic E-state index is 0.0678. The Morgan fingerprint density at radius 1 is 1.62 bits per heavy atom. The maximum Gasteiger partial charge on any atom is 0.130 e. The molecule has 0 bridgehead atoms. The Kier molecular flexibility index (Phi) is 3.20. The molecule has 1 heterocycles. The van der Waals surface area contributed by atoms with Gasteiger partial charge in [0.15, 0.2) is 0 Å². The molecule has 1 rings (SSSR count). The fraction of sp³-hybridized carbons (Fsp3) is 0.600. The molecule has 2 nitrogen and oxygen atoms in total. The SMILES string of the molecule is CC(=O)CC(C)(C)Cc1cncs1. The average Bonchev–Trinajstić information content (AvgIpc) is 2.34. The number of Topliss-reactive ketones (excluding diaryl/α,β-unsaturated/α-hetero) is 1. The first kappa shape index (κ1) is 10.4. The molecule has 0 amide bonds. The second-order valence-corrected chi connectivity index (χ2v) is 5.16. The van der Waals surface area contributed by atoms with E-state index in [1.54, 1.807) is 18.3 Å². The molecular formula is C10H15NOS. The minimum absolute atomic E-state index is 0.0678. The smallest absolute Gasteiger partial charge is 0.130 e. The van der Waals surface area contributed by atoms with Gasteiger partial charge in [-0.25, -0.2) is 0 Å². The van der Waals surface area contributed by atoms with Crippen molar-refractivity contribution in [2.24, 2.45) is 5.41 Å². The third-order valence-corrected chi connectivity index (χ3v) is 2.64. The number of hydrogen-bond acceptors (Lipinski definition) is 3. The van der Waals surface area contributed by atoms with Crippen molar-refractivity contribution in [2.45, 2.75) is 33.6 Å². The van der Waals surface area contributed by atoms with E-state index in [1.807, 2.05) is 11.7 Å². The minimum Gasteiger partial charge on any atom is -0.300 e. The lowest BCUT2D eigenvalue weighted by Gasteiger charge is -2.21. The van der Waals surface area contributed by atoms with Crippen molar-refractivity contribution in [3.63, 3.8) is 0 Å². The molecule has 3 heteroatoms. The number of carbonyl (C=O) groups excluding carboxylic acids is 1. The summed E-state index contributed by atoms with van der Waals surface area (Å²) < 4.78 is 0. The Labute approximate surface area is 83.0 Å². The summed E-state index contributed by atoms with van der Waals surface area (Å²) in [6.07, 6.45) is 3.47. The quantitative estimate of drug-likeness (QED) is 0.742. The van der Waals surface area contributed by atoms with Crippen LogP contribution in [0.4, 0.5) is 0 Å². The van der Waals surface area contributed by atoms with Crippen molar-refractivity contribution in [3.8, 4) is 0 Å². The van der Waals surface area contributed by atoms with Crippen LogP contribution in [-0.4, -0.2) is 10.8 Å². The van der Waals surface area contributed by atoms with Gasteiger partial charge in [-0.2, -0.15) is 0 Å². The number of ketones is 1. The van der Waals surface area contributed by atoms with Gasteiger partial charge < -0.3 is 4.79 Å². The van der Waals surface area contributed by atoms with Gasteiger partial charge in [0.1, 0.15) is 5.78 Å². The van der Waals surface area contributed by atoms with Gasteiger partial charge in [0.25, 0.3) is 0 Å². The monoisotopic (exact) mass is 197 g/mol. The number of carbonyl (C=O) groups is 1. The first-order valence-electron chi connectivity index (χ1n) is 4.36.